The molecule has 2 N–H and O–H groups in total. The summed E-state index contributed by atoms with van der Waals surface area (Å²) in [5.41, 5.74) is 0.0928. The lowest BCUT2D eigenvalue weighted by Gasteiger charge is -2.17. The second-order valence-electron chi connectivity index (χ2n) is 4.33. The summed E-state index contributed by atoms with van der Waals surface area (Å²) in [6.07, 6.45) is 0. The number of ether oxygens (including phenoxy) is 1. The van der Waals surface area contributed by atoms with Gasteiger partial charge in [0.15, 0.2) is 0 Å². The van der Waals surface area contributed by atoms with E-state index in [4.69, 9.17) is 15.1 Å². The second-order valence-corrected chi connectivity index (χ2v) is 4.33. The number of benzene rings is 1. The van der Waals surface area contributed by atoms with E-state index in [0.29, 0.717) is 5.69 Å². The number of carboxylic acid groups (broad SMARTS) is 1. The third-order valence-corrected chi connectivity index (χ3v) is 3.06. The molecular weight excluding hydrogens is 266 g/mol. The molecule has 2 rings (SSSR count). The van der Waals surface area contributed by atoms with E-state index in [-0.39, 0.29) is 24.5 Å². The lowest BCUT2D eigenvalue weighted by molar-refractivity contribution is -0.385. The highest BCUT2D eigenvalue weighted by Crippen LogP contribution is 2.24. The van der Waals surface area contributed by atoms with Crippen LogP contribution in [0.15, 0.2) is 18.2 Å². The number of rotatable bonds is 4. The van der Waals surface area contributed by atoms with E-state index in [1.54, 1.807) is 6.07 Å². The Balaban J connectivity index is 2.20. The molecule has 1 aromatic rings. The zero-order chi connectivity index (χ0) is 14.7. The molecule has 2 unspecified atom stereocenters. The summed E-state index contributed by atoms with van der Waals surface area (Å²) >= 11 is 0. The van der Waals surface area contributed by atoms with Crippen LogP contribution in [0, 0.1) is 27.4 Å². The molecule has 0 saturated carbocycles. The largest absolute Gasteiger partial charge is 0.481 e. The average Bonchev–Trinajstić information content (AvgIpc) is 2.86. The van der Waals surface area contributed by atoms with Gasteiger partial charge < -0.3 is 15.2 Å². The molecule has 1 heterocycles. The number of carboxylic acids is 1. The van der Waals surface area contributed by atoms with E-state index in [1.807, 2.05) is 0 Å². The maximum Gasteiger partial charge on any atom is 0.311 e. The highest BCUT2D eigenvalue weighted by molar-refractivity contribution is 5.72. The van der Waals surface area contributed by atoms with Crippen molar-refractivity contribution in [1.82, 2.24) is 0 Å². The van der Waals surface area contributed by atoms with Gasteiger partial charge in [-0.05, 0) is 12.1 Å². The highest BCUT2D eigenvalue weighted by atomic mass is 16.6. The van der Waals surface area contributed by atoms with Gasteiger partial charge in [-0.3, -0.25) is 14.9 Å². The van der Waals surface area contributed by atoms with Gasteiger partial charge in [-0.25, -0.2) is 0 Å². The summed E-state index contributed by atoms with van der Waals surface area (Å²) < 4.78 is 5.11. The first-order chi connectivity index (χ1) is 9.52. The number of nitrogens with zero attached hydrogens (tertiary/aromatic N) is 2. The van der Waals surface area contributed by atoms with E-state index >= 15 is 0 Å². The van der Waals surface area contributed by atoms with Gasteiger partial charge in [0, 0.05) is 11.8 Å². The topological polar surface area (TPSA) is 125 Å². The fraction of sp³-hybridized carbons (Fsp3) is 0.333. The number of aliphatic carboxylic acids is 1. The minimum Gasteiger partial charge on any atom is -0.481 e. The molecule has 1 aromatic carbocycles. The Kier molecular flexibility index (Phi) is 3.81. The molecule has 1 saturated heterocycles. The predicted octanol–water partition coefficient (Wildman–Crippen LogP) is 0.978. The van der Waals surface area contributed by atoms with Gasteiger partial charge in [-0.1, -0.05) is 0 Å². The van der Waals surface area contributed by atoms with Gasteiger partial charge >= 0.3 is 5.97 Å². The van der Waals surface area contributed by atoms with Crippen molar-refractivity contribution in [2.75, 3.05) is 18.5 Å². The standard InChI is InChI=1S/C12H11N3O5/c13-4-7-3-8(1-2-11(7)15(18)19)14-10-6-20-5-9(10)12(16)17/h1-3,9-10,14H,5-6H2,(H,16,17). The number of nitro groups is 1. The predicted molar refractivity (Wildman–Crippen MR) is 67.2 cm³/mol. The van der Waals surface area contributed by atoms with Crippen LogP contribution in [-0.4, -0.2) is 35.3 Å². The first-order valence-electron chi connectivity index (χ1n) is 5.78. The number of anilines is 1. The summed E-state index contributed by atoms with van der Waals surface area (Å²) in [7, 11) is 0. The molecule has 1 fully saturated rings. The zero-order valence-corrected chi connectivity index (χ0v) is 10.3. The Labute approximate surface area is 113 Å². The third kappa shape index (κ3) is 2.67. The van der Waals surface area contributed by atoms with E-state index in [0.717, 1.165) is 0 Å². The van der Waals surface area contributed by atoms with E-state index in [1.165, 1.54) is 18.2 Å². The van der Waals surface area contributed by atoms with Gasteiger partial charge in [0.2, 0.25) is 0 Å². The smallest absolute Gasteiger partial charge is 0.311 e. The number of nitriles is 1. The number of hydrogen-bond acceptors (Lipinski definition) is 6. The summed E-state index contributed by atoms with van der Waals surface area (Å²) in [6, 6.07) is 5.30. The summed E-state index contributed by atoms with van der Waals surface area (Å²) in [4.78, 5) is 21.1. The molecule has 0 bridgehead atoms. The Hall–Kier alpha value is -2.66. The number of hydrogen-bond donors (Lipinski definition) is 2. The Morgan fingerprint density at radius 3 is 2.90 bits per heavy atom. The van der Waals surface area contributed by atoms with Crippen molar-refractivity contribution in [3.8, 4) is 6.07 Å². The van der Waals surface area contributed by atoms with Crippen molar-refractivity contribution < 1.29 is 19.6 Å². The van der Waals surface area contributed by atoms with E-state index < -0.39 is 22.9 Å². The monoisotopic (exact) mass is 277 g/mol. The van der Waals surface area contributed by atoms with Gasteiger partial charge in [0.1, 0.15) is 17.6 Å². The van der Waals surface area contributed by atoms with Crippen molar-refractivity contribution in [2.24, 2.45) is 5.92 Å². The maximum atomic E-state index is 11.0. The average molecular weight is 277 g/mol. The van der Waals surface area contributed by atoms with Crippen LogP contribution in [0.4, 0.5) is 11.4 Å². The van der Waals surface area contributed by atoms with Gasteiger partial charge in [-0.15, -0.1) is 0 Å². The molecule has 104 valence electrons. The molecule has 0 radical (unpaired) electrons. The van der Waals surface area contributed by atoms with Gasteiger partial charge in [-0.2, -0.15) is 5.26 Å². The molecule has 0 amide bonds. The fourth-order valence-electron chi connectivity index (χ4n) is 2.03. The lowest BCUT2D eigenvalue weighted by Crippen LogP contribution is -2.33. The summed E-state index contributed by atoms with van der Waals surface area (Å²) in [5, 5.41) is 31.6. The molecule has 0 spiro atoms. The van der Waals surface area contributed by atoms with Crippen LogP contribution in [-0.2, 0) is 9.53 Å². The molecule has 2 atom stereocenters. The summed E-state index contributed by atoms with van der Waals surface area (Å²) in [6.45, 7) is 0.348. The molecule has 8 heteroatoms. The quantitative estimate of drug-likeness (QED) is 0.620. The van der Waals surface area contributed by atoms with Crippen LogP contribution in [0.2, 0.25) is 0 Å². The lowest BCUT2D eigenvalue weighted by atomic mass is 10.0. The van der Waals surface area contributed by atoms with Crippen molar-refractivity contribution >= 4 is 17.3 Å². The van der Waals surface area contributed by atoms with Crippen molar-refractivity contribution in [3.63, 3.8) is 0 Å². The third-order valence-electron chi connectivity index (χ3n) is 3.06. The van der Waals surface area contributed by atoms with E-state index in [9.17, 15) is 14.9 Å². The Morgan fingerprint density at radius 2 is 2.30 bits per heavy atom. The number of nitrogens with one attached hydrogen (secondary N) is 1. The Bertz CT molecular complexity index is 595. The number of carbonyl (C=O) groups is 1. The van der Waals surface area contributed by atoms with Crippen LogP contribution < -0.4 is 5.32 Å². The first-order valence-corrected chi connectivity index (χ1v) is 5.78. The summed E-state index contributed by atoms with van der Waals surface area (Å²) in [5.74, 6) is -1.65. The van der Waals surface area contributed by atoms with Crippen LogP contribution in [0.25, 0.3) is 0 Å². The molecule has 0 aromatic heterocycles. The second kappa shape index (κ2) is 5.54. The minimum atomic E-state index is -0.970. The van der Waals surface area contributed by atoms with Gasteiger partial charge in [0.05, 0.1) is 24.2 Å². The SMILES string of the molecule is N#Cc1cc(NC2COCC2C(=O)O)ccc1[N+](=O)[O-]. The zero-order valence-electron chi connectivity index (χ0n) is 10.3. The molecule has 0 aliphatic carbocycles. The molecular formula is C12H11N3O5. The van der Waals surface area contributed by atoms with Crippen molar-refractivity contribution in [1.29, 1.82) is 5.26 Å². The Morgan fingerprint density at radius 1 is 1.55 bits per heavy atom. The molecule has 20 heavy (non-hydrogen) atoms. The van der Waals surface area contributed by atoms with Crippen LogP contribution in [0.3, 0.4) is 0 Å². The van der Waals surface area contributed by atoms with Crippen LogP contribution in [0.1, 0.15) is 5.56 Å². The van der Waals surface area contributed by atoms with Crippen molar-refractivity contribution in [2.45, 2.75) is 6.04 Å². The van der Waals surface area contributed by atoms with E-state index in [2.05, 4.69) is 5.32 Å². The minimum absolute atomic E-state index is 0.0780. The molecule has 1 aliphatic rings. The normalized spacial score (nSPS) is 21.1. The highest BCUT2D eigenvalue weighted by Gasteiger charge is 2.34. The molecule has 8 nitrogen and oxygen atoms in total. The number of nitro benzene ring substituents is 1. The van der Waals surface area contributed by atoms with Gasteiger partial charge in [0.25, 0.3) is 5.69 Å². The molecule has 1 aliphatic heterocycles. The van der Waals surface area contributed by atoms with Crippen molar-refractivity contribution in [3.05, 3.63) is 33.9 Å². The fourth-order valence-corrected chi connectivity index (χ4v) is 2.03. The van der Waals surface area contributed by atoms with Crippen LogP contribution in [0.5, 0.6) is 0 Å². The first kappa shape index (κ1) is 13.8. The maximum absolute atomic E-state index is 11.0. The van der Waals surface area contributed by atoms with Crippen LogP contribution >= 0.6 is 0 Å².